The highest BCUT2D eigenvalue weighted by Gasteiger charge is 2.10. The monoisotopic (exact) mass is 285 g/mol. The second-order valence-electron chi connectivity index (χ2n) is 5.57. The van der Waals surface area contributed by atoms with E-state index in [9.17, 15) is 10.2 Å². The van der Waals surface area contributed by atoms with E-state index in [4.69, 9.17) is 0 Å². The maximum absolute atomic E-state index is 10.2. The van der Waals surface area contributed by atoms with E-state index >= 15 is 0 Å². The number of nitrogens with one attached hydrogen (secondary N) is 1. The van der Waals surface area contributed by atoms with Crippen molar-refractivity contribution in [3.8, 4) is 5.75 Å². The fraction of sp³-hybridized carbons (Fsp3) is 0.333. The van der Waals surface area contributed by atoms with Crippen LogP contribution in [0.3, 0.4) is 0 Å². The Hall–Kier alpha value is -1.84. The zero-order valence-electron chi connectivity index (χ0n) is 12.9. The summed E-state index contributed by atoms with van der Waals surface area (Å²) in [6.07, 6.45) is -0.542. The third kappa shape index (κ3) is 3.84. The Morgan fingerprint density at radius 3 is 2.38 bits per heavy atom. The summed E-state index contributed by atoms with van der Waals surface area (Å²) in [5, 5.41) is 23.4. The summed E-state index contributed by atoms with van der Waals surface area (Å²) in [7, 11) is 0. The molecule has 3 N–H and O–H groups in total. The number of aliphatic hydroxyl groups is 1. The largest absolute Gasteiger partial charge is 0.508 e. The quantitative estimate of drug-likeness (QED) is 0.791. The Labute approximate surface area is 126 Å². The van der Waals surface area contributed by atoms with Gasteiger partial charge in [-0.2, -0.15) is 0 Å². The highest BCUT2D eigenvalue weighted by molar-refractivity contribution is 5.40. The second kappa shape index (κ2) is 6.74. The van der Waals surface area contributed by atoms with Gasteiger partial charge in [0, 0.05) is 18.7 Å². The number of aliphatic hydroxyl groups excluding tert-OH is 1. The molecule has 0 aromatic heterocycles. The maximum atomic E-state index is 10.2. The third-order valence-corrected chi connectivity index (χ3v) is 3.90. The van der Waals surface area contributed by atoms with Gasteiger partial charge in [0.05, 0.1) is 6.10 Å². The van der Waals surface area contributed by atoms with Crippen molar-refractivity contribution in [2.24, 2.45) is 0 Å². The molecule has 112 valence electrons. The van der Waals surface area contributed by atoms with E-state index in [1.165, 1.54) is 0 Å². The van der Waals surface area contributed by atoms with Gasteiger partial charge in [-0.05, 0) is 49.1 Å². The number of phenolic OH excluding ortho intramolecular Hbond substituents is 1. The van der Waals surface area contributed by atoms with Crippen LogP contribution >= 0.6 is 0 Å². The second-order valence-corrected chi connectivity index (χ2v) is 5.57. The molecule has 2 rings (SSSR count). The van der Waals surface area contributed by atoms with Crippen molar-refractivity contribution in [3.63, 3.8) is 0 Å². The predicted octanol–water partition coefficient (Wildman–Crippen LogP) is 3.14. The first kappa shape index (κ1) is 15.5. The first-order chi connectivity index (χ1) is 9.99. The highest BCUT2D eigenvalue weighted by Crippen LogP contribution is 2.22. The predicted molar refractivity (Wildman–Crippen MR) is 85.4 cm³/mol. The smallest absolute Gasteiger partial charge is 0.120 e. The lowest BCUT2D eigenvalue weighted by Crippen LogP contribution is -2.21. The van der Waals surface area contributed by atoms with Gasteiger partial charge in [-0.25, -0.2) is 0 Å². The lowest BCUT2D eigenvalue weighted by Gasteiger charge is -2.15. The molecule has 1 unspecified atom stereocenters. The van der Waals surface area contributed by atoms with E-state index in [0.29, 0.717) is 18.8 Å². The fourth-order valence-electron chi connectivity index (χ4n) is 2.42. The Kier molecular flexibility index (Phi) is 4.99. The molecule has 0 saturated carbocycles. The Balaban J connectivity index is 1.96. The van der Waals surface area contributed by atoms with Crippen molar-refractivity contribution < 1.29 is 10.2 Å². The van der Waals surface area contributed by atoms with Crippen LogP contribution in [0.1, 0.15) is 33.9 Å². The summed E-state index contributed by atoms with van der Waals surface area (Å²) in [4.78, 5) is 0. The normalized spacial score (nSPS) is 12.4. The van der Waals surface area contributed by atoms with Crippen LogP contribution in [0.25, 0.3) is 0 Å². The molecule has 2 aromatic carbocycles. The van der Waals surface area contributed by atoms with E-state index in [1.54, 1.807) is 6.07 Å². The lowest BCUT2D eigenvalue weighted by atomic mass is 10.0. The molecular formula is C18H23NO2. The molecule has 0 bridgehead atoms. The van der Waals surface area contributed by atoms with Gasteiger partial charge in [0.2, 0.25) is 0 Å². The lowest BCUT2D eigenvalue weighted by molar-refractivity contribution is 0.173. The molecule has 21 heavy (non-hydrogen) atoms. The van der Waals surface area contributed by atoms with Crippen molar-refractivity contribution in [2.75, 3.05) is 6.54 Å². The van der Waals surface area contributed by atoms with Gasteiger partial charge in [-0.3, -0.25) is 0 Å². The molecule has 0 fully saturated rings. The van der Waals surface area contributed by atoms with Crippen molar-refractivity contribution in [3.05, 3.63) is 64.2 Å². The van der Waals surface area contributed by atoms with Gasteiger partial charge in [0.1, 0.15) is 5.75 Å². The number of hydrogen-bond donors (Lipinski definition) is 3. The van der Waals surface area contributed by atoms with Crippen LogP contribution in [0, 0.1) is 20.8 Å². The molecule has 0 aliphatic rings. The fourth-order valence-corrected chi connectivity index (χ4v) is 2.42. The summed E-state index contributed by atoms with van der Waals surface area (Å²) < 4.78 is 0. The molecule has 0 saturated heterocycles. The van der Waals surface area contributed by atoms with Gasteiger partial charge in [0.25, 0.3) is 0 Å². The molecule has 0 spiro atoms. The molecule has 3 nitrogen and oxygen atoms in total. The third-order valence-electron chi connectivity index (χ3n) is 3.90. The standard InChI is InChI=1S/C18H23NO2/c1-12-6-4-5-7-16(12)18(21)11-19-10-15-8-13(2)14(3)9-17(15)20/h4-9,18-21H,10-11H2,1-3H3. The number of rotatable bonds is 5. The summed E-state index contributed by atoms with van der Waals surface area (Å²) in [6.45, 7) is 7.00. The van der Waals surface area contributed by atoms with Crippen LogP contribution in [0.15, 0.2) is 36.4 Å². The van der Waals surface area contributed by atoms with Gasteiger partial charge in [-0.1, -0.05) is 30.3 Å². The number of benzene rings is 2. The maximum Gasteiger partial charge on any atom is 0.120 e. The minimum atomic E-state index is -0.542. The average Bonchev–Trinajstić information content (AvgIpc) is 2.44. The topological polar surface area (TPSA) is 52.5 Å². The van der Waals surface area contributed by atoms with Crippen molar-refractivity contribution in [1.82, 2.24) is 5.32 Å². The number of phenols is 1. The van der Waals surface area contributed by atoms with E-state index in [1.807, 2.05) is 51.1 Å². The van der Waals surface area contributed by atoms with Crippen molar-refractivity contribution in [2.45, 2.75) is 33.4 Å². The minimum Gasteiger partial charge on any atom is -0.508 e. The number of aromatic hydroxyl groups is 1. The SMILES string of the molecule is Cc1cc(O)c(CNCC(O)c2ccccc2C)cc1C. The number of aryl methyl sites for hydroxylation is 3. The van der Waals surface area contributed by atoms with E-state index in [0.717, 1.165) is 27.8 Å². The van der Waals surface area contributed by atoms with Crippen molar-refractivity contribution >= 4 is 0 Å². The van der Waals surface area contributed by atoms with Crippen LogP contribution in [0.4, 0.5) is 0 Å². The summed E-state index contributed by atoms with van der Waals surface area (Å²) in [5.41, 5.74) is 5.12. The van der Waals surface area contributed by atoms with Crippen molar-refractivity contribution in [1.29, 1.82) is 0 Å². The zero-order valence-corrected chi connectivity index (χ0v) is 12.9. The molecule has 0 heterocycles. The summed E-state index contributed by atoms with van der Waals surface area (Å²) in [5.74, 6) is 0.302. The van der Waals surface area contributed by atoms with Crippen LogP contribution in [-0.2, 0) is 6.54 Å². The Bertz CT molecular complexity index is 623. The molecule has 0 aliphatic heterocycles. The number of hydrogen-bond acceptors (Lipinski definition) is 3. The average molecular weight is 285 g/mol. The van der Waals surface area contributed by atoms with Crippen LogP contribution in [0.5, 0.6) is 5.75 Å². The highest BCUT2D eigenvalue weighted by atomic mass is 16.3. The molecule has 2 aromatic rings. The first-order valence-corrected chi connectivity index (χ1v) is 7.22. The van der Waals surface area contributed by atoms with E-state index in [2.05, 4.69) is 5.32 Å². The molecular weight excluding hydrogens is 262 g/mol. The Morgan fingerprint density at radius 1 is 1.00 bits per heavy atom. The van der Waals surface area contributed by atoms with E-state index in [-0.39, 0.29) is 0 Å². The van der Waals surface area contributed by atoms with Gasteiger partial charge < -0.3 is 15.5 Å². The molecule has 0 aliphatic carbocycles. The summed E-state index contributed by atoms with van der Waals surface area (Å²) >= 11 is 0. The van der Waals surface area contributed by atoms with Gasteiger partial charge in [0.15, 0.2) is 0 Å². The van der Waals surface area contributed by atoms with Gasteiger partial charge in [-0.15, -0.1) is 0 Å². The summed E-state index contributed by atoms with van der Waals surface area (Å²) in [6, 6.07) is 11.6. The van der Waals surface area contributed by atoms with Crippen LogP contribution < -0.4 is 5.32 Å². The molecule has 3 heteroatoms. The Morgan fingerprint density at radius 2 is 1.67 bits per heavy atom. The molecule has 1 atom stereocenters. The zero-order chi connectivity index (χ0) is 15.4. The minimum absolute atomic E-state index is 0.302. The molecule has 0 amide bonds. The van der Waals surface area contributed by atoms with Crippen LogP contribution in [-0.4, -0.2) is 16.8 Å². The van der Waals surface area contributed by atoms with Gasteiger partial charge >= 0.3 is 0 Å². The van der Waals surface area contributed by atoms with E-state index < -0.39 is 6.10 Å². The van der Waals surface area contributed by atoms with Crippen LogP contribution in [0.2, 0.25) is 0 Å². The first-order valence-electron chi connectivity index (χ1n) is 7.22. The molecule has 0 radical (unpaired) electrons.